The standard InChI is InChI=1S/C50H48N7S/c51-47-45(37-26-30-43(31-27-37)56(39-18-8-2-9-19-39)40-20-10-3-11-21-40)49-50(53-55(52-49)35-34-36-16-6-1-7-17-36)46(48(47)54-58)38-28-32-44(33-29-38)57(41-22-12-4-13-23-41)42-24-14-5-15-25-42/h2-5,8-15,18-33,36,46,48,54H,1,6-7,16-17,34-35,51H2/q-1. The number of nitrogens with one attached hydrogen (secondary N) is 1. The number of rotatable bonds is 12. The Balaban J connectivity index is 1.10. The highest BCUT2D eigenvalue weighted by Gasteiger charge is 2.38. The summed E-state index contributed by atoms with van der Waals surface area (Å²) in [6.07, 6.45) is 7.62. The van der Waals surface area contributed by atoms with Crippen molar-refractivity contribution in [1.82, 2.24) is 19.7 Å². The molecule has 58 heavy (non-hydrogen) atoms. The zero-order chi connectivity index (χ0) is 39.3. The Labute approximate surface area is 347 Å². The summed E-state index contributed by atoms with van der Waals surface area (Å²) in [5, 5.41) is 10.5. The van der Waals surface area contributed by atoms with Gasteiger partial charge in [0.15, 0.2) is 0 Å². The van der Waals surface area contributed by atoms with Crippen LogP contribution >= 0.6 is 0 Å². The van der Waals surface area contributed by atoms with Crippen molar-refractivity contribution in [2.24, 2.45) is 11.7 Å². The Bertz CT molecular complexity index is 2350. The molecule has 0 aliphatic heterocycles. The average molecular weight is 779 g/mol. The fourth-order valence-corrected chi connectivity index (χ4v) is 9.11. The van der Waals surface area contributed by atoms with Gasteiger partial charge in [0.2, 0.25) is 0 Å². The number of aryl methyl sites for hydroxylation is 1. The average Bonchev–Trinajstić information content (AvgIpc) is 3.71. The van der Waals surface area contributed by atoms with Crippen molar-refractivity contribution >= 4 is 52.5 Å². The van der Waals surface area contributed by atoms with Gasteiger partial charge < -0.3 is 33.1 Å². The lowest BCUT2D eigenvalue weighted by Gasteiger charge is -2.36. The molecule has 2 aliphatic carbocycles. The van der Waals surface area contributed by atoms with E-state index in [1.165, 1.54) is 32.1 Å². The van der Waals surface area contributed by atoms with E-state index in [0.717, 1.165) is 75.2 Å². The third-order valence-corrected chi connectivity index (χ3v) is 12.0. The molecule has 0 saturated heterocycles. The maximum absolute atomic E-state index is 7.27. The van der Waals surface area contributed by atoms with Crippen LogP contribution in [0.2, 0.25) is 0 Å². The molecular weight excluding hydrogens is 731 g/mol. The molecule has 2 atom stereocenters. The molecule has 8 heteroatoms. The van der Waals surface area contributed by atoms with E-state index < -0.39 is 0 Å². The first-order valence-corrected chi connectivity index (χ1v) is 20.9. The van der Waals surface area contributed by atoms with Crippen LogP contribution in [0.15, 0.2) is 176 Å². The molecule has 6 aromatic carbocycles. The van der Waals surface area contributed by atoms with Gasteiger partial charge in [-0.15, -0.1) is 0 Å². The van der Waals surface area contributed by atoms with Crippen LogP contribution in [-0.2, 0) is 19.4 Å². The Kier molecular flexibility index (Phi) is 11.1. The first-order chi connectivity index (χ1) is 28.7. The molecule has 1 aromatic heterocycles. The third kappa shape index (κ3) is 7.65. The van der Waals surface area contributed by atoms with Crippen LogP contribution in [-0.4, -0.2) is 21.0 Å². The number of hydrogen-bond donors (Lipinski definition) is 2. The second kappa shape index (κ2) is 17.2. The molecule has 1 heterocycles. The van der Waals surface area contributed by atoms with E-state index in [-0.39, 0.29) is 12.0 Å². The lowest BCUT2D eigenvalue weighted by molar-refractivity contribution is 0.310. The van der Waals surface area contributed by atoms with Crippen LogP contribution < -0.4 is 20.3 Å². The molecule has 3 N–H and O–H groups in total. The molecule has 2 unspecified atom stereocenters. The Morgan fingerprint density at radius 3 is 1.48 bits per heavy atom. The van der Waals surface area contributed by atoms with Crippen LogP contribution in [0.4, 0.5) is 34.1 Å². The lowest BCUT2D eigenvalue weighted by atomic mass is 9.78. The number of aromatic nitrogens is 3. The molecule has 9 rings (SSSR count). The summed E-state index contributed by atoms with van der Waals surface area (Å²) in [6, 6.07) is 58.8. The molecule has 0 spiro atoms. The summed E-state index contributed by atoms with van der Waals surface area (Å²) < 4.78 is 3.20. The SMILES string of the molecule is NC1=C(c2ccc(N(c3ccccc3)c3ccccc3)cc2)c2nn(CCC3CCCCC3)nc2C(c2ccc(N(c3ccccc3)c3ccccc3)cc2)C1N[S-]. The minimum atomic E-state index is -0.379. The van der Waals surface area contributed by atoms with E-state index >= 15 is 0 Å². The smallest absolute Gasteiger partial charge is 0.119 e. The van der Waals surface area contributed by atoms with Crippen LogP contribution in [0.25, 0.3) is 5.57 Å². The van der Waals surface area contributed by atoms with Crippen LogP contribution in [0.1, 0.15) is 67.0 Å². The number of hydrogen-bond acceptors (Lipinski definition) is 7. The van der Waals surface area contributed by atoms with E-state index in [9.17, 15) is 0 Å². The zero-order valence-corrected chi connectivity index (χ0v) is 33.4. The Morgan fingerprint density at radius 1 is 0.569 bits per heavy atom. The minimum absolute atomic E-state index is 0.235. The molecule has 1 fully saturated rings. The summed E-state index contributed by atoms with van der Waals surface area (Å²) in [4.78, 5) is 6.46. The Morgan fingerprint density at radius 2 is 1.02 bits per heavy atom. The van der Waals surface area contributed by atoms with Gasteiger partial charge in [-0.05, 0) is 96.3 Å². The number of nitrogens with zero attached hydrogens (tertiary/aromatic N) is 5. The van der Waals surface area contributed by atoms with Crippen molar-refractivity contribution in [1.29, 1.82) is 0 Å². The molecule has 0 bridgehead atoms. The van der Waals surface area contributed by atoms with Crippen molar-refractivity contribution in [2.75, 3.05) is 9.80 Å². The molecule has 7 nitrogen and oxygen atoms in total. The molecule has 2 aliphatic rings. The van der Waals surface area contributed by atoms with E-state index in [2.05, 4.69) is 160 Å². The number of para-hydroxylation sites is 4. The molecule has 7 aromatic rings. The largest absolute Gasteiger partial charge is 0.705 e. The van der Waals surface area contributed by atoms with Crippen LogP contribution in [0, 0.1) is 5.92 Å². The Hall–Kier alpha value is -6.09. The summed E-state index contributed by atoms with van der Waals surface area (Å²) >= 11 is 5.73. The van der Waals surface area contributed by atoms with E-state index in [4.69, 9.17) is 28.7 Å². The van der Waals surface area contributed by atoms with Crippen molar-refractivity contribution < 1.29 is 0 Å². The van der Waals surface area contributed by atoms with Crippen molar-refractivity contribution in [3.63, 3.8) is 0 Å². The quantitative estimate of drug-likeness (QED) is 0.120. The molecule has 1 saturated carbocycles. The van der Waals surface area contributed by atoms with Gasteiger partial charge in [-0.25, -0.2) is 0 Å². The van der Waals surface area contributed by atoms with Crippen molar-refractivity contribution in [3.8, 4) is 0 Å². The number of fused-ring (bicyclic) bond motifs is 1. The monoisotopic (exact) mass is 778 g/mol. The first kappa shape index (κ1) is 37.5. The maximum atomic E-state index is 7.27. The normalized spacial score (nSPS) is 16.8. The molecular formula is C50H48N7S-. The van der Waals surface area contributed by atoms with Crippen molar-refractivity contribution in [3.05, 3.63) is 198 Å². The zero-order valence-electron chi connectivity index (χ0n) is 32.6. The highest BCUT2D eigenvalue weighted by Crippen LogP contribution is 2.44. The van der Waals surface area contributed by atoms with Gasteiger partial charge in [0, 0.05) is 57.4 Å². The molecule has 0 radical (unpaired) electrons. The second-order valence-corrected chi connectivity index (χ2v) is 15.6. The minimum Gasteiger partial charge on any atom is -0.705 e. The first-order valence-electron chi connectivity index (χ1n) is 20.5. The fourth-order valence-electron chi connectivity index (χ4n) is 8.85. The third-order valence-electron chi connectivity index (χ3n) is 11.7. The van der Waals surface area contributed by atoms with Crippen LogP contribution in [0.5, 0.6) is 0 Å². The number of benzene rings is 6. The summed E-state index contributed by atoms with van der Waals surface area (Å²) in [5.74, 6) is 0.478. The summed E-state index contributed by atoms with van der Waals surface area (Å²) in [7, 11) is 0. The second-order valence-electron chi connectivity index (χ2n) is 15.4. The fraction of sp³-hybridized carbons (Fsp3) is 0.200. The predicted molar refractivity (Wildman–Crippen MR) is 240 cm³/mol. The van der Waals surface area contributed by atoms with Gasteiger partial charge >= 0.3 is 0 Å². The number of anilines is 6. The summed E-state index contributed by atoms with van der Waals surface area (Å²) in [5.41, 5.74) is 19.0. The van der Waals surface area contributed by atoms with Gasteiger partial charge in [0.25, 0.3) is 0 Å². The van der Waals surface area contributed by atoms with Crippen molar-refractivity contribution in [2.45, 2.75) is 57.0 Å². The maximum Gasteiger partial charge on any atom is 0.119 e. The van der Waals surface area contributed by atoms with Gasteiger partial charge in [-0.1, -0.05) is 129 Å². The topological polar surface area (TPSA) is 75.2 Å². The van der Waals surface area contributed by atoms with Gasteiger partial charge in [0.1, 0.15) is 11.4 Å². The summed E-state index contributed by atoms with van der Waals surface area (Å²) in [6.45, 7) is 0.771. The van der Waals surface area contributed by atoms with E-state index in [0.29, 0.717) is 11.6 Å². The van der Waals surface area contributed by atoms with Crippen LogP contribution in [0.3, 0.4) is 0 Å². The molecule has 0 amide bonds. The van der Waals surface area contributed by atoms with Gasteiger partial charge in [0.05, 0.1) is 6.54 Å². The van der Waals surface area contributed by atoms with E-state index in [1.807, 2.05) is 29.1 Å². The predicted octanol–water partition coefficient (Wildman–Crippen LogP) is 11.5. The number of nitrogens with two attached hydrogens (primary N) is 1. The highest BCUT2D eigenvalue weighted by atomic mass is 32.1. The van der Waals surface area contributed by atoms with Gasteiger partial charge in [-0.2, -0.15) is 15.0 Å². The highest BCUT2D eigenvalue weighted by molar-refractivity contribution is 7.56. The molecule has 290 valence electrons. The van der Waals surface area contributed by atoms with E-state index in [1.54, 1.807) is 0 Å². The van der Waals surface area contributed by atoms with Gasteiger partial charge in [-0.3, -0.25) is 0 Å². The lowest BCUT2D eigenvalue weighted by Crippen LogP contribution is -2.40.